The Labute approximate surface area is 161 Å². The van der Waals surface area contributed by atoms with Gasteiger partial charge in [-0.05, 0) is 6.07 Å². The fraction of sp³-hybridized carbons (Fsp3) is 0.176. The molecule has 0 aliphatic rings. The number of rotatable bonds is 6. The first-order valence-corrected chi connectivity index (χ1v) is 8.13. The Kier molecular flexibility index (Phi) is 5.59. The minimum absolute atomic E-state index is 0.107. The van der Waals surface area contributed by atoms with Crippen LogP contribution in [0.5, 0.6) is 5.88 Å². The fourth-order valence-corrected chi connectivity index (χ4v) is 2.56. The summed E-state index contributed by atoms with van der Waals surface area (Å²) in [5.41, 5.74) is -0.0872. The zero-order valence-corrected chi connectivity index (χ0v) is 14.8. The van der Waals surface area contributed by atoms with Gasteiger partial charge in [0, 0.05) is 16.2 Å². The molecule has 28 heavy (non-hydrogen) atoms. The zero-order valence-electron chi connectivity index (χ0n) is 14.1. The van der Waals surface area contributed by atoms with E-state index in [2.05, 4.69) is 26.6 Å². The van der Waals surface area contributed by atoms with E-state index < -0.39 is 24.5 Å². The molecule has 0 radical (unpaired) electrons. The number of hydrogen-bond acceptors (Lipinski definition) is 5. The smallest absolute Gasteiger partial charge is 0.423 e. The summed E-state index contributed by atoms with van der Waals surface area (Å²) in [6.45, 7) is 2.37. The second-order valence-corrected chi connectivity index (χ2v) is 5.96. The van der Waals surface area contributed by atoms with E-state index >= 15 is 0 Å². The van der Waals surface area contributed by atoms with E-state index in [0.29, 0.717) is 10.6 Å². The Balaban J connectivity index is 2.01. The average Bonchev–Trinajstić information content (AvgIpc) is 3.19. The van der Waals surface area contributed by atoms with Crippen molar-refractivity contribution in [3.8, 4) is 22.8 Å². The van der Waals surface area contributed by atoms with Gasteiger partial charge >= 0.3 is 6.18 Å². The third-order valence-corrected chi connectivity index (χ3v) is 3.94. The maximum Gasteiger partial charge on any atom is 0.423 e. The van der Waals surface area contributed by atoms with Crippen LogP contribution in [0.4, 0.5) is 17.6 Å². The summed E-state index contributed by atoms with van der Waals surface area (Å²) >= 11 is 6.25. The largest absolute Gasteiger partial charge is 0.472 e. The summed E-state index contributed by atoms with van der Waals surface area (Å²) < 4.78 is 57.6. The summed E-state index contributed by atoms with van der Waals surface area (Å²) in [4.78, 5) is 11.9. The molecule has 2 aromatic heterocycles. The lowest BCUT2D eigenvalue weighted by molar-refractivity contribution is -0.170. The maximum atomic E-state index is 13.4. The van der Waals surface area contributed by atoms with Crippen molar-refractivity contribution < 1.29 is 22.3 Å². The topological polar surface area (TPSA) is 65.7 Å². The first-order valence-electron chi connectivity index (χ1n) is 7.75. The van der Waals surface area contributed by atoms with E-state index in [1.54, 1.807) is 24.3 Å². The van der Waals surface area contributed by atoms with Crippen LogP contribution in [0.1, 0.15) is 0 Å². The molecule has 3 rings (SSSR count). The van der Waals surface area contributed by atoms with E-state index in [1.165, 1.54) is 17.3 Å². The van der Waals surface area contributed by atoms with Crippen molar-refractivity contribution in [1.82, 2.24) is 24.7 Å². The molecule has 1 unspecified atom stereocenters. The molecule has 2 heterocycles. The molecule has 11 heteroatoms. The van der Waals surface area contributed by atoms with E-state index in [0.717, 1.165) is 6.33 Å². The van der Waals surface area contributed by atoms with E-state index in [1.807, 2.05) is 0 Å². The molecular weight excluding hydrogens is 402 g/mol. The quantitative estimate of drug-likeness (QED) is 0.447. The first kappa shape index (κ1) is 19.7. The lowest BCUT2D eigenvalue weighted by atomic mass is 10.1. The van der Waals surface area contributed by atoms with Crippen LogP contribution in [0.2, 0.25) is 5.02 Å². The highest BCUT2D eigenvalue weighted by molar-refractivity contribution is 6.33. The molecule has 0 aliphatic carbocycles. The summed E-state index contributed by atoms with van der Waals surface area (Å²) in [5, 5.41) is 4.31. The van der Waals surface area contributed by atoms with Crippen molar-refractivity contribution in [2.45, 2.75) is 12.3 Å². The first-order chi connectivity index (χ1) is 13.3. The maximum absolute atomic E-state index is 13.4. The number of alkyl halides is 4. The van der Waals surface area contributed by atoms with Crippen molar-refractivity contribution in [2.75, 3.05) is 6.61 Å². The number of hydrogen-bond donors (Lipinski definition) is 0. The van der Waals surface area contributed by atoms with Gasteiger partial charge in [0.05, 0.1) is 5.56 Å². The summed E-state index contributed by atoms with van der Waals surface area (Å²) in [5.74, 6) is 0.123. The van der Waals surface area contributed by atoms with Gasteiger partial charge in [0.25, 0.3) is 0 Å². The summed E-state index contributed by atoms with van der Waals surface area (Å²) in [6, 6.07) is 6.66. The number of aromatic nitrogens is 5. The van der Waals surface area contributed by atoms with Crippen LogP contribution in [0.15, 0.2) is 55.4 Å². The molecule has 0 N–H and O–H groups in total. The van der Waals surface area contributed by atoms with Gasteiger partial charge in [-0.3, -0.25) is 0 Å². The van der Waals surface area contributed by atoms with Crippen LogP contribution < -0.4 is 4.74 Å². The average molecular weight is 414 g/mol. The van der Waals surface area contributed by atoms with Gasteiger partial charge in [0.2, 0.25) is 12.1 Å². The SMILES string of the molecule is C=C(COc1ncnc(-n2cncn2)c1-c1ccccc1Cl)C(F)C(F)(F)F. The van der Waals surface area contributed by atoms with Gasteiger partial charge in [-0.25, -0.2) is 24.0 Å². The zero-order chi connectivity index (χ0) is 20.3. The molecule has 0 amide bonds. The molecule has 0 fully saturated rings. The van der Waals surface area contributed by atoms with Crippen LogP contribution in [0.25, 0.3) is 16.9 Å². The van der Waals surface area contributed by atoms with Gasteiger partial charge in [0.1, 0.15) is 25.6 Å². The second kappa shape index (κ2) is 7.93. The fourth-order valence-electron chi connectivity index (χ4n) is 2.33. The van der Waals surface area contributed by atoms with Crippen LogP contribution in [0, 0.1) is 0 Å². The lowest BCUT2D eigenvalue weighted by Gasteiger charge is -2.17. The van der Waals surface area contributed by atoms with E-state index in [9.17, 15) is 17.6 Å². The van der Waals surface area contributed by atoms with Gasteiger partial charge in [0.15, 0.2) is 5.82 Å². The van der Waals surface area contributed by atoms with E-state index in [4.69, 9.17) is 16.3 Å². The highest BCUT2D eigenvalue weighted by atomic mass is 35.5. The number of nitrogens with zero attached hydrogens (tertiary/aromatic N) is 5. The predicted molar refractivity (Wildman–Crippen MR) is 93.0 cm³/mol. The third kappa shape index (κ3) is 4.11. The Morgan fingerprint density at radius 2 is 1.96 bits per heavy atom. The molecule has 1 aromatic carbocycles. The minimum Gasteiger partial charge on any atom is -0.472 e. The van der Waals surface area contributed by atoms with Crippen molar-refractivity contribution in [2.24, 2.45) is 0 Å². The molecule has 0 saturated carbocycles. The molecule has 6 nitrogen and oxygen atoms in total. The van der Waals surface area contributed by atoms with Gasteiger partial charge in [-0.15, -0.1) is 0 Å². The minimum atomic E-state index is -5.07. The van der Waals surface area contributed by atoms with Crippen LogP contribution in [0.3, 0.4) is 0 Å². The molecule has 0 saturated heterocycles. The predicted octanol–water partition coefficient (Wildman–Crippen LogP) is 4.21. The summed E-state index contributed by atoms with van der Waals surface area (Å²) in [7, 11) is 0. The molecule has 0 aliphatic heterocycles. The molecule has 1 atom stereocenters. The highest BCUT2D eigenvalue weighted by Crippen LogP contribution is 2.37. The molecule has 146 valence electrons. The Bertz CT molecular complexity index is 978. The summed E-state index contributed by atoms with van der Waals surface area (Å²) in [6.07, 6.45) is -4.51. The number of benzene rings is 1. The monoisotopic (exact) mass is 413 g/mol. The Hall–Kier alpha value is -3.01. The van der Waals surface area contributed by atoms with Gasteiger partial charge in [-0.2, -0.15) is 18.3 Å². The molecule has 0 bridgehead atoms. The van der Waals surface area contributed by atoms with Crippen LogP contribution in [-0.2, 0) is 0 Å². The number of ether oxygens (including phenoxy) is 1. The van der Waals surface area contributed by atoms with Crippen molar-refractivity contribution in [3.63, 3.8) is 0 Å². The van der Waals surface area contributed by atoms with Gasteiger partial charge < -0.3 is 4.74 Å². The highest BCUT2D eigenvalue weighted by Gasteiger charge is 2.42. The lowest BCUT2D eigenvalue weighted by Crippen LogP contribution is -2.28. The molecule has 0 spiro atoms. The van der Waals surface area contributed by atoms with Crippen molar-refractivity contribution >= 4 is 11.6 Å². The van der Waals surface area contributed by atoms with Crippen LogP contribution >= 0.6 is 11.6 Å². The van der Waals surface area contributed by atoms with Crippen molar-refractivity contribution in [3.05, 3.63) is 60.4 Å². The normalized spacial score (nSPS) is 12.6. The molecular formula is C17H12ClF4N5O. The molecule has 3 aromatic rings. The second-order valence-electron chi connectivity index (χ2n) is 5.55. The van der Waals surface area contributed by atoms with Crippen LogP contribution in [-0.4, -0.2) is 43.7 Å². The van der Waals surface area contributed by atoms with E-state index in [-0.39, 0.29) is 17.3 Å². The number of halogens is 5. The third-order valence-electron chi connectivity index (χ3n) is 3.61. The van der Waals surface area contributed by atoms with Crippen molar-refractivity contribution in [1.29, 1.82) is 0 Å². The Morgan fingerprint density at radius 1 is 1.21 bits per heavy atom. The standard InChI is InChI=1S/C17H12ClF4N5O/c1-10(14(19)17(20,21)22)6-28-16-13(11-4-2-3-5-12(11)18)15(24-8-25-16)27-9-23-7-26-27/h2-5,7-9,14H,1,6H2. The Morgan fingerprint density at radius 3 is 2.61 bits per heavy atom. The van der Waals surface area contributed by atoms with Gasteiger partial charge in [-0.1, -0.05) is 36.4 Å².